The molecule has 1 aliphatic rings. The first-order chi connectivity index (χ1) is 12.2. The lowest BCUT2D eigenvalue weighted by molar-refractivity contribution is -0.139. The van der Waals surface area contributed by atoms with Crippen LogP contribution in [0.3, 0.4) is 0 Å². The molecule has 1 atom stereocenters. The Balaban J connectivity index is 1.87. The lowest BCUT2D eigenvalue weighted by Crippen LogP contribution is -2.54. The molecule has 0 spiro atoms. The van der Waals surface area contributed by atoms with Crippen molar-refractivity contribution in [3.05, 3.63) is 35.4 Å². The van der Waals surface area contributed by atoms with Gasteiger partial charge in [-0.25, -0.2) is 4.79 Å². The highest BCUT2D eigenvalue weighted by Gasteiger charge is 2.30. The number of ether oxygens (including phenoxy) is 2. The molecule has 1 heterocycles. The highest BCUT2D eigenvalue weighted by molar-refractivity contribution is 5.72. The first kappa shape index (κ1) is 20.2. The average Bonchev–Trinajstić information content (AvgIpc) is 2.55. The Bertz CT molecular complexity index is 622. The van der Waals surface area contributed by atoms with Crippen molar-refractivity contribution in [2.24, 2.45) is 0 Å². The summed E-state index contributed by atoms with van der Waals surface area (Å²) in [5.74, 6) is -0.232. The van der Waals surface area contributed by atoms with E-state index in [4.69, 9.17) is 4.74 Å². The second-order valence-electron chi connectivity index (χ2n) is 7.83. The maximum absolute atomic E-state index is 12.3. The van der Waals surface area contributed by atoms with Crippen molar-refractivity contribution >= 4 is 12.1 Å². The molecule has 2 rings (SSSR count). The van der Waals surface area contributed by atoms with Crippen LogP contribution < -0.4 is 0 Å². The SMILES string of the molecule is COC(=O)Cc1ccc(CN2CCN(C(=O)OC(C)(C)C)C(C)C2)cc1. The first-order valence-corrected chi connectivity index (χ1v) is 9.04. The molecule has 144 valence electrons. The van der Waals surface area contributed by atoms with Crippen molar-refractivity contribution in [2.75, 3.05) is 26.7 Å². The smallest absolute Gasteiger partial charge is 0.410 e. The van der Waals surface area contributed by atoms with E-state index in [1.54, 1.807) is 4.90 Å². The highest BCUT2D eigenvalue weighted by Crippen LogP contribution is 2.17. The van der Waals surface area contributed by atoms with Crippen molar-refractivity contribution in [1.82, 2.24) is 9.80 Å². The summed E-state index contributed by atoms with van der Waals surface area (Å²) in [5, 5.41) is 0. The van der Waals surface area contributed by atoms with Gasteiger partial charge in [0.2, 0.25) is 0 Å². The molecule has 1 fully saturated rings. The number of hydrogen-bond acceptors (Lipinski definition) is 5. The molecule has 0 aliphatic carbocycles. The van der Waals surface area contributed by atoms with Gasteiger partial charge in [-0.15, -0.1) is 0 Å². The van der Waals surface area contributed by atoms with Gasteiger partial charge in [0.15, 0.2) is 0 Å². The Labute approximate surface area is 156 Å². The summed E-state index contributed by atoms with van der Waals surface area (Å²) >= 11 is 0. The second-order valence-corrected chi connectivity index (χ2v) is 7.83. The molecule has 6 nitrogen and oxygen atoms in total. The van der Waals surface area contributed by atoms with E-state index in [1.807, 2.05) is 45.0 Å². The Hall–Kier alpha value is -2.08. The van der Waals surface area contributed by atoms with Crippen molar-refractivity contribution < 1.29 is 19.1 Å². The van der Waals surface area contributed by atoms with Crippen LogP contribution >= 0.6 is 0 Å². The molecule has 0 bridgehead atoms. The summed E-state index contributed by atoms with van der Waals surface area (Å²) < 4.78 is 10.2. The molecule has 1 aliphatic heterocycles. The number of methoxy groups -OCH3 is 1. The second kappa shape index (κ2) is 8.54. The monoisotopic (exact) mass is 362 g/mol. The van der Waals surface area contributed by atoms with Crippen LogP contribution in [0.25, 0.3) is 0 Å². The zero-order chi connectivity index (χ0) is 19.3. The molecule has 0 saturated carbocycles. The van der Waals surface area contributed by atoms with Crippen LogP contribution in [0.4, 0.5) is 4.79 Å². The summed E-state index contributed by atoms with van der Waals surface area (Å²) in [7, 11) is 1.40. The zero-order valence-corrected chi connectivity index (χ0v) is 16.4. The van der Waals surface area contributed by atoms with E-state index in [-0.39, 0.29) is 18.1 Å². The highest BCUT2D eigenvalue weighted by atomic mass is 16.6. The Morgan fingerprint density at radius 2 is 1.73 bits per heavy atom. The van der Waals surface area contributed by atoms with Gasteiger partial charge in [0.25, 0.3) is 0 Å². The molecule has 0 aromatic heterocycles. The fourth-order valence-corrected chi connectivity index (χ4v) is 3.03. The van der Waals surface area contributed by atoms with E-state index >= 15 is 0 Å². The van der Waals surface area contributed by atoms with E-state index in [0.717, 1.165) is 25.2 Å². The van der Waals surface area contributed by atoms with E-state index in [1.165, 1.54) is 12.7 Å². The summed E-state index contributed by atoms with van der Waals surface area (Å²) in [5.41, 5.74) is 1.67. The summed E-state index contributed by atoms with van der Waals surface area (Å²) in [6, 6.07) is 8.13. The fourth-order valence-electron chi connectivity index (χ4n) is 3.03. The molecule has 0 N–H and O–H groups in total. The number of piperazine rings is 1. The number of benzene rings is 1. The summed E-state index contributed by atoms with van der Waals surface area (Å²) in [6.45, 7) is 10.8. The normalized spacial score (nSPS) is 18.5. The first-order valence-electron chi connectivity index (χ1n) is 9.04. The lowest BCUT2D eigenvalue weighted by atomic mass is 10.1. The van der Waals surface area contributed by atoms with E-state index in [2.05, 4.69) is 16.6 Å². The van der Waals surface area contributed by atoms with Crippen molar-refractivity contribution in [2.45, 2.75) is 52.3 Å². The number of hydrogen-bond donors (Lipinski definition) is 0. The number of amides is 1. The number of esters is 1. The number of nitrogens with zero attached hydrogens (tertiary/aromatic N) is 2. The van der Waals surface area contributed by atoms with Crippen LogP contribution in [0.15, 0.2) is 24.3 Å². The minimum absolute atomic E-state index is 0.109. The van der Waals surface area contributed by atoms with Gasteiger partial charge < -0.3 is 14.4 Å². The molecule has 1 aromatic rings. The molecule has 1 saturated heterocycles. The third-order valence-electron chi connectivity index (χ3n) is 4.34. The number of carbonyl (C=O) groups excluding carboxylic acids is 2. The van der Waals surface area contributed by atoms with Crippen LogP contribution in [-0.4, -0.2) is 60.2 Å². The molecule has 1 unspecified atom stereocenters. The molecule has 6 heteroatoms. The Morgan fingerprint density at radius 3 is 2.27 bits per heavy atom. The third-order valence-corrected chi connectivity index (χ3v) is 4.34. The van der Waals surface area contributed by atoms with Crippen LogP contribution in [0.2, 0.25) is 0 Å². The summed E-state index contributed by atoms with van der Waals surface area (Å²) in [4.78, 5) is 27.7. The largest absolute Gasteiger partial charge is 0.469 e. The fraction of sp³-hybridized carbons (Fsp3) is 0.600. The van der Waals surface area contributed by atoms with Crippen LogP contribution in [0, 0.1) is 0 Å². The predicted octanol–water partition coefficient (Wildman–Crippen LogP) is 2.84. The van der Waals surface area contributed by atoms with Crippen molar-refractivity contribution in [3.8, 4) is 0 Å². The van der Waals surface area contributed by atoms with Gasteiger partial charge in [0, 0.05) is 32.2 Å². The van der Waals surface area contributed by atoms with Gasteiger partial charge in [-0.2, -0.15) is 0 Å². The lowest BCUT2D eigenvalue weighted by Gasteiger charge is -2.40. The van der Waals surface area contributed by atoms with Gasteiger partial charge in [-0.1, -0.05) is 24.3 Å². The molecule has 26 heavy (non-hydrogen) atoms. The molecular weight excluding hydrogens is 332 g/mol. The summed E-state index contributed by atoms with van der Waals surface area (Å²) in [6.07, 6.45) is 0.0550. The molecule has 1 aromatic carbocycles. The van der Waals surface area contributed by atoms with Crippen LogP contribution in [-0.2, 0) is 27.2 Å². The topological polar surface area (TPSA) is 59.1 Å². The average molecular weight is 362 g/mol. The molecular formula is C20H30N2O4. The van der Waals surface area contributed by atoms with Crippen LogP contribution in [0.5, 0.6) is 0 Å². The van der Waals surface area contributed by atoms with Gasteiger partial charge in [0.1, 0.15) is 5.60 Å². The minimum atomic E-state index is -0.472. The van der Waals surface area contributed by atoms with Gasteiger partial charge >= 0.3 is 12.1 Å². The predicted molar refractivity (Wildman–Crippen MR) is 99.8 cm³/mol. The Kier molecular flexibility index (Phi) is 6.64. The van der Waals surface area contributed by atoms with E-state index in [0.29, 0.717) is 13.0 Å². The number of carbonyl (C=O) groups is 2. The van der Waals surface area contributed by atoms with Gasteiger partial charge in [0.05, 0.1) is 13.5 Å². The standard InChI is InChI=1S/C20H30N2O4/c1-15-13-21(10-11-22(15)19(24)26-20(2,3)4)14-17-8-6-16(7-9-17)12-18(23)25-5/h6-9,15H,10-14H2,1-5H3. The van der Waals surface area contributed by atoms with Gasteiger partial charge in [-0.3, -0.25) is 9.69 Å². The Morgan fingerprint density at radius 1 is 1.12 bits per heavy atom. The minimum Gasteiger partial charge on any atom is -0.469 e. The van der Waals surface area contributed by atoms with Crippen molar-refractivity contribution in [1.29, 1.82) is 0 Å². The third kappa shape index (κ3) is 6.02. The number of rotatable bonds is 4. The maximum Gasteiger partial charge on any atom is 0.410 e. The molecule has 0 radical (unpaired) electrons. The van der Waals surface area contributed by atoms with Crippen molar-refractivity contribution in [3.63, 3.8) is 0 Å². The van der Waals surface area contributed by atoms with E-state index < -0.39 is 5.60 Å². The van der Waals surface area contributed by atoms with Gasteiger partial charge in [-0.05, 0) is 38.8 Å². The van der Waals surface area contributed by atoms with E-state index in [9.17, 15) is 9.59 Å². The zero-order valence-electron chi connectivity index (χ0n) is 16.4. The maximum atomic E-state index is 12.3. The van der Waals surface area contributed by atoms with Crippen LogP contribution in [0.1, 0.15) is 38.8 Å². The quantitative estimate of drug-likeness (QED) is 0.771. The molecule has 1 amide bonds.